The molecule has 1 aromatic heterocycles. The van der Waals surface area contributed by atoms with Crippen LogP contribution in [0.3, 0.4) is 0 Å². The maximum absolute atomic E-state index is 3.61. The Kier molecular flexibility index (Phi) is 2.26. The van der Waals surface area contributed by atoms with Crippen LogP contribution in [-0.4, -0.2) is 0 Å². The van der Waals surface area contributed by atoms with Crippen LogP contribution in [0.2, 0.25) is 0 Å². The van der Waals surface area contributed by atoms with E-state index in [4.69, 9.17) is 0 Å². The summed E-state index contributed by atoms with van der Waals surface area (Å²) >= 11 is 5.42. The molecule has 2 heteroatoms. The number of thiophene rings is 1. The Morgan fingerprint density at radius 2 is 2.07 bits per heavy atom. The van der Waals surface area contributed by atoms with Gasteiger partial charge in [0.1, 0.15) is 0 Å². The van der Waals surface area contributed by atoms with Gasteiger partial charge in [-0.3, -0.25) is 0 Å². The number of rotatable bonds is 1. The van der Waals surface area contributed by atoms with Crippen LogP contribution in [-0.2, 0) is 6.42 Å². The van der Waals surface area contributed by atoms with E-state index in [0.29, 0.717) is 0 Å². The average Bonchev–Trinajstić information content (AvgIpc) is 2.86. The quantitative estimate of drug-likeness (QED) is 0.714. The van der Waals surface area contributed by atoms with Crippen molar-refractivity contribution in [2.24, 2.45) is 0 Å². The van der Waals surface area contributed by atoms with Gasteiger partial charge in [0.25, 0.3) is 0 Å². The lowest BCUT2D eigenvalue weighted by molar-refractivity contribution is 1.30. The first kappa shape index (κ1) is 9.37. The van der Waals surface area contributed by atoms with Gasteiger partial charge >= 0.3 is 0 Å². The lowest BCUT2D eigenvalue weighted by Crippen LogP contribution is -1.84. The van der Waals surface area contributed by atoms with Crippen molar-refractivity contribution < 1.29 is 0 Å². The van der Waals surface area contributed by atoms with Gasteiger partial charge in [0.05, 0.1) is 0 Å². The van der Waals surface area contributed by atoms with Crippen molar-refractivity contribution in [1.82, 2.24) is 0 Å². The van der Waals surface area contributed by atoms with Gasteiger partial charge in [0.2, 0.25) is 0 Å². The van der Waals surface area contributed by atoms with Crippen molar-refractivity contribution in [2.45, 2.75) is 6.42 Å². The summed E-state index contributed by atoms with van der Waals surface area (Å²) < 4.78 is 1.22. The van der Waals surface area contributed by atoms with Crippen LogP contribution in [0.1, 0.15) is 16.0 Å². The van der Waals surface area contributed by atoms with E-state index in [0.717, 1.165) is 6.42 Å². The normalized spacial score (nSPS) is 13.8. The van der Waals surface area contributed by atoms with Crippen LogP contribution in [0.5, 0.6) is 0 Å². The third kappa shape index (κ3) is 1.58. The fourth-order valence-corrected chi connectivity index (χ4v) is 3.21. The molecule has 0 saturated heterocycles. The molecule has 1 aromatic carbocycles. The molecule has 0 N–H and O–H groups in total. The monoisotopic (exact) mass is 276 g/mol. The molecule has 0 unspecified atom stereocenters. The molecule has 0 aliphatic heterocycles. The first-order chi connectivity index (χ1) is 7.34. The third-order valence-electron chi connectivity index (χ3n) is 2.69. The van der Waals surface area contributed by atoms with Crippen LogP contribution in [0.4, 0.5) is 0 Å². The largest absolute Gasteiger partial charge is 0.144 e. The highest BCUT2D eigenvalue weighted by Gasteiger charge is 2.16. The molecule has 3 rings (SSSR count). The Hall–Kier alpha value is -0.860. The Balaban J connectivity index is 2.06. The summed E-state index contributed by atoms with van der Waals surface area (Å²) in [6.45, 7) is 0. The maximum atomic E-state index is 3.61. The second-order valence-electron chi connectivity index (χ2n) is 3.63. The zero-order valence-electron chi connectivity index (χ0n) is 8.03. The Bertz CT molecular complexity index is 523. The molecule has 0 saturated carbocycles. The second-order valence-corrected chi connectivity index (χ2v) is 5.43. The zero-order valence-corrected chi connectivity index (χ0v) is 10.4. The van der Waals surface area contributed by atoms with Gasteiger partial charge in [-0.25, -0.2) is 0 Å². The molecule has 15 heavy (non-hydrogen) atoms. The number of allylic oxidation sites excluding steroid dienone is 1. The standard InChI is InChI=1S/C13H9BrS/c14-12-4-1-3-9-7-10(8-11(9)12)13-5-2-6-15-13/h1-7H,8H2. The fraction of sp³-hybridized carbons (Fsp3) is 0.0769. The number of halogens is 1. The predicted molar refractivity (Wildman–Crippen MR) is 70.0 cm³/mol. The SMILES string of the molecule is Brc1cccc2c1CC(c1cccs1)=C2. The predicted octanol–water partition coefficient (Wildman–Crippen LogP) is 4.61. The molecule has 1 heterocycles. The minimum absolute atomic E-state index is 1.05. The summed E-state index contributed by atoms with van der Waals surface area (Å²) in [6.07, 6.45) is 3.35. The van der Waals surface area contributed by atoms with E-state index in [-0.39, 0.29) is 0 Å². The van der Waals surface area contributed by atoms with E-state index in [1.807, 2.05) is 11.3 Å². The Morgan fingerprint density at radius 1 is 1.13 bits per heavy atom. The Morgan fingerprint density at radius 3 is 2.80 bits per heavy atom. The molecule has 74 valence electrons. The van der Waals surface area contributed by atoms with Crippen LogP contribution in [0.15, 0.2) is 40.2 Å². The van der Waals surface area contributed by atoms with E-state index in [1.165, 1.54) is 26.0 Å². The van der Waals surface area contributed by atoms with Gasteiger partial charge in [-0.05, 0) is 40.3 Å². The van der Waals surface area contributed by atoms with E-state index >= 15 is 0 Å². The summed E-state index contributed by atoms with van der Waals surface area (Å²) in [6, 6.07) is 10.7. The molecule has 0 atom stereocenters. The highest BCUT2D eigenvalue weighted by atomic mass is 79.9. The molecular weight excluding hydrogens is 268 g/mol. The van der Waals surface area contributed by atoms with Gasteiger partial charge in [0, 0.05) is 15.8 Å². The highest BCUT2D eigenvalue weighted by Crippen LogP contribution is 2.36. The van der Waals surface area contributed by atoms with E-state index in [9.17, 15) is 0 Å². The fourth-order valence-electron chi connectivity index (χ4n) is 1.95. The molecular formula is C13H9BrS. The molecule has 0 amide bonds. The summed E-state index contributed by atoms with van der Waals surface area (Å²) in [5, 5.41) is 2.13. The van der Waals surface area contributed by atoms with Crippen LogP contribution in [0.25, 0.3) is 11.6 Å². The molecule has 0 radical (unpaired) electrons. The summed E-state index contributed by atoms with van der Waals surface area (Å²) in [5.74, 6) is 0. The maximum Gasteiger partial charge on any atom is 0.0305 e. The summed E-state index contributed by atoms with van der Waals surface area (Å²) in [7, 11) is 0. The van der Waals surface area contributed by atoms with Gasteiger partial charge in [0.15, 0.2) is 0 Å². The van der Waals surface area contributed by atoms with Gasteiger partial charge in [-0.2, -0.15) is 0 Å². The van der Waals surface area contributed by atoms with Crippen molar-refractivity contribution in [2.75, 3.05) is 0 Å². The van der Waals surface area contributed by atoms with Gasteiger partial charge < -0.3 is 0 Å². The lowest BCUT2D eigenvalue weighted by atomic mass is 10.1. The minimum atomic E-state index is 1.05. The third-order valence-corrected chi connectivity index (χ3v) is 4.38. The number of hydrogen-bond donors (Lipinski definition) is 0. The number of fused-ring (bicyclic) bond motifs is 1. The topological polar surface area (TPSA) is 0 Å². The number of benzene rings is 1. The lowest BCUT2D eigenvalue weighted by Gasteiger charge is -2.01. The van der Waals surface area contributed by atoms with Gasteiger partial charge in [-0.1, -0.05) is 34.1 Å². The van der Waals surface area contributed by atoms with Crippen molar-refractivity contribution in [1.29, 1.82) is 0 Å². The molecule has 0 fully saturated rings. The smallest absolute Gasteiger partial charge is 0.0305 e. The average molecular weight is 277 g/mol. The molecule has 1 aliphatic carbocycles. The zero-order chi connectivity index (χ0) is 10.3. The van der Waals surface area contributed by atoms with E-state index < -0.39 is 0 Å². The summed E-state index contributed by atoms with van der Waals surface area (Å²) in [5.41, 5.74) is 4.21. The van der Waals surface area contributed by atoms with Crippen molar-refractivity contribution in [3.63, 3.8) is 0 Å². The van der Waals surface area contributed by atoms with Crippen molar-refractivity contribution >= 4 is 38.9 Å². The number of hydrogen-bond acceptors (Lipinski definition) is 1. The second kappa shape index (κ2) is 3.62. The van der Waals surface area contributed by atoms with Crippen LogP contribution in [0, 0.1) is 0 Å². The first-order valence-corrected chi connectivity index (χ1v) is 6.54. The molecule has 2 aromatic rings. The Labute approximate surface area is 101 Å². The molecule has 0 spiro atoms. The highest BCUT2D eigenvalue weighted by molar-refractivity contribution is 9.10. The first-order valence-electron chi connectivity index (χ1n) is 4.86. The van der Waals surface area contributed by atoms with E-state index in [2.05, 4.69) is 57.7 Å². The molecule has 0 bridgehead atoms. The minimum Gasteiger partial charge on any atom is -0.144 e. The van der Waals surface area contributed by atoms with Crippen LogP contribution >= 0.6 is 27.3 Å². The van der Waals surface area contributed by atoms with Crippen LogP contribution < -0.4 is 0 Å². The molecule has 1 aliphatic rings. The van der Waals surface area contributed by atoms with Crippen molar-refractivity contribution in [3.05, 3.63) is 56.2 Å². The summed E-state index contributed by atoms with van der Waals surface area (Å²) in [4.78, 5) is 1.39. The van der Waals surface area contributed by atoms with Crippen molar-refractivity contribution in [3.8, 4) is 0 Å². The molecule has 0 nitrogen and oxygen atoms in total. The van der Waals surface area contributed by atoms with E-state index in [1.54, 1.807) is 0 Å². The van der Waals surface area contributed by atoms with Gasteiger partial charge in [-0.15, -0.1) is 11.3 Å².